The van der Waals surface area contributed by atoms with Crippen LogP contribution in [-0.2, 0) is 14.3 Å². The summed E-state index contributed by atoms with van der Waals surface area (Å²) in [6.45, 7) is 8.04. The zero-order chi connectivity index (χ0) is 13.3. The fraction of sp³-hybridized carbons (Fsp3) is 0.846. The number of nitrogens with zero attached hydrogens (tertiary/aromatic N) is 2. The quantitative estimate of drug-likeness (QED) is 0.696. The van der Waals surface area contributed by atoms with Gasteiger partial charge in [0, 0.05) is 25.9 Å². The second kappa shape index (κ2) is 4.88. The molecule has 0 bridgehead atoms. The van der Waals surface area contributed by atoms with Gasteiger partial charge >= 0.3 is 0 Å². The van der Waals surface area contributed by atoms with E-state index in [0.717, 1.165) is 12.8 Å². The molecule has 2 fully saturated rings. The number of rotatable bonds is 1. The molecule has 5 heteroatoms. The molecule has 0 aromatic carbocycles. The summed E-state index contributed by atoms with van der Waals surface area (Å²) in [5.41, 5.74) is -0.200. The predicted molar refractivity (Wildman–Crippen MR) is 66.7 cm³/mol. The van der Waals surface area contributed by atoms with Crippen LogP contribution in [0.25, 0.3) is 0 Å². The van der Waals surface area contributed by atoms with Crippen molar-refractivity contribution < 1.29 is 14.3 Å². The van der Waals surface area contributed by atoms with Gasteiger partial charge in [0.1, 0.15) is 6.73 Å². The lowest BCUT2D eigenvalue weighted by molar-refractivity contribution is -0.143. The van der Waals surface area contributed by atoms with Gasteiger partial charge in [0.25, 0.3) is 0 Å². The van der Waals surface area contributed by atoms with Crippen LogP contribution in [0.4, 0.5) is 0 Å². The molecule has 0 aromatic rings. The Balaban J connectivity index is 1.94. The minimum atomic E-state index is -0.200. The maximum Gasteiger partial charge on any atom is 0.228 e. The molecular formula is C13H22N2O3. The lowest BCUT2D eigenvalue weighted by atomic mass is 9.93. The van der Waals surface area contributed by atoms with Gasteiger partial charge in [-0.1, -0.05) is 0 Å². The highest BCUT2D eigenvalue weighted by Gasteiger charge is 2.40. The summed E-state index contributed by atoms with van der Waals surface area (Å²) < 4.78 is 5.38. The Labute approximate surface area is 108 Å². The molecule has 5 nitrogen and oxygen atoms in total. The molecule has 2 saturated heterocycles. The maximum atomic E-state index is 12.4. The molecule has 0 N–H and O–H groups in total. The Morgan fingerprint density at radius 3 is 2.28 bits per heavy atom. The van der Waals surface area contributed by atoms with E-state index in [9.17, 15) is 9.59 Å². The lowest BCUT2D eigenvalue weighted by Gasteiger charge is -2.36. The van der Waals surface area contributed by atoms with Gasteiger partial charge in [-0.3, -0.25) is 9.59 Å². The first-order valence-electron chi connectivity index (χ1n) is 6.56. The highest BCUT2D eigenvalue weighted by molar-refractivity contribution is 5.80. The zero-order valence-corrected chi connectivity index (χ0v) is 11.4. The molecule has 0 radical (unpaired) electrons. The largest absolute Gasteiger partial charge is 0.359 e. The Morgan fingerprint density at radius 2 is 1.83 bits per heavy atom. The van der Waals surface area contributed by atoms with Gasteiger partial charge in [0.2, 0.25) is 11.8 Å². The third-order valence-electron chi connectivity index (χ3n) is 3.96. The molecule has 2 aliphatic rings. The predicted octanol–water partition coefficient (Wildman–Crippen LogP) is 0.840. The van der Waals surface area contributed by atoms with Crippen LogP contribution >= 0.6 is 0 Å². The van der Waals surface area contributed by atoms with Crippen LogP contribution in [0.15, 0.2) is 0 Å². The summed E-state index contributed by atoms with van der Waals surface area (Å²) in [6.07, 6.45) is 1.54. The summed E-state index contributed by atoms with van der Waals surface area (Å²) in [6, 6.07) is 0. The van der Waals surface area contributed by atoms with E-state index >= 15 is 0 Å². The fourth-order valence-corrected chi connectivity index (χ4v) is 2.66. The van der Waals surface area contributed by atoms with Crippen LogP contribution in [0.3, 0.4) is 0 Å². The molecule has 2 rings (SSSR count). The van der Waals surface area contributed by atoms with E-state index in [1.807, 2.05) is 23.6 Å². The van der Waals surface area contributed by atoms with E-state index < -0.39 is 0 Å². The number of piperidine rings is 1. The molecule has 0 atom stereocenters. The van der Waals surface area contributed by atoms with E-state index in [-0.39, 0.29) is 23.3 Å². The molecule has 2 aliphatic heterocycles. The van der Waals surface area contributed by atoms with Gasteiger partial charge in [0.15, 0.2) is 0 Å². The van der Waals surface area contributed by atoms with Crippen molar-refractivity contribution in [3.63, 3.8) is 0 Å². The minimum Gasteiger partial charge on any atom is -0.359 e. The average Bonchev–Trinajstić information content (AvgIpc) is 2.68. The average molecular weight is 254 g/mol. The van der Waals surface area contributed by atoms with E-state index in [1.54, 1.807) is 6.92 Å². The molecule has 0 spiro atoms. The van der Waals surface area contributed by atoms with Crippen molar-refractivity contribution in [2.45, 2.75) is 39.2 Å². The van der Waals surface area contributed by atoms with Gasteiger partial charge in [-0.15, -0.1) is 0 Å². The van der Waals surface area contributed by atoms with Crippen LogP contribution in [0, 0.1) is 5.92 Å². The fourth-order valence-electron chi connectivity index (χ4n) is 2.66. The molecule has 0 aromatic heterocycles. The third kappa shape index (κ3) is 2.51. The smallest absolute Gasteiger partial charge is 0.228 e. The first-order valence-corrected chi connectivity index (χ1v) is 6.56. The Kier molecular flexibility index (Phi) is 3.61. The van der Waals surface area contributed by atoms with Crippen molar-refractivity contribution >= 4 is 11.8 Å². The summed E-state index contributed by atoms with van der Waals surface area (Å²) >= 11 is 0. The van der Waals surface area contributed by atoms with Crippen molar-refractivity contribution in [1.29, 1.82) is 0 Å². The van der Waals surface area contributed by atoms with Crippen LogP contribution in [0.5, 0.6) is 0 Å². The second-order valence-electron chi connectivity index (χ2n) is 5.84. The molecule has 2 amide bonds. The third-order valence-corrected chi connectivity index (χ3v) is 3.96. The number of hydrogen-bond acceptors (Lipinski definition) is 3. The van der Waals surface area contributed by atoms with E-state index in [2.05, 4.69) is 0 Å². The molecular weight excluding hydrogens is 232 g/mol. The SMILES string of the molecule is CC(=O)N1CCC(C(=O)N2COCC2(C)C)CC1. The molecule has 0 saturated carbocycles. The van der Waals surface area contributed by atoms with E-state index in [4.69, 9.17) is 4.74 Å². The highest BCUT2D eigenvalue weighted by atomic mass is 16.5. The number of hydrogen-bond donors (Lipinski definition) is 0. The lowest BCUT2D eigenvalue weighted by Crippen LogP contribution is -2.49. The Morgan fingerprint density at radius 1 is 1.22 bits per heavy atom. The second-order valence-corrected chi connectivity index (χ2v) is 5.84. The molecule has 0 unspecified atom stereocenters. The summed E-state index contributed by atoms with van der Waals surface area (Å²) in [4.78, 5) is 27.3. The normalized spacial score (nSPS) is 24.4. The number of ether oxygens (including phenoxy) is 1. The Bertz CT molecular complexity index is 346. The zero-order valence-electron chi connectivity index (χ0n) is 11.4. The first-order chi connectivity index (χ1) is 8.42. The van der Waals surface area contributed by atoms with Crippen molar-refractivity contribution in [3.8, 4) is 0 Å². The van der Waals surface area contributed by atoms with Gasteiger partial charge in [-0.2, -0.15) is 0 Å². The summed E-state index contributed by atoms with van der Waals surface area (Å²) in [5.74, 6) is 0.327. The van der Waals surface area contributed by atoms with Gasteiger partial charge in [-0.05, 0) is 26.7 Å². The van der Waals surface area contributed by atoms with Gasteiger partial charge < -0.3 is 14.5 Å². The minimum absolute atomic E-state index is 0.0431. The summed E-state index contributed by atoms with van der Waals surface area (Å²) in [7, 11) is 0. The van der Waals surface area contributed by atoms with Crippen molar-refractivity contribution in [3.05, 3.63) is 0 Å². The van der Waals surface area contributed by atoms with Crippen LogP contribution in [-0.4, -0.2) is 53.6 Å². The number of carbonyl (C=O) groups excluding carboxylic acids is 2. The monoisotopic (exact) mass is 254 g/mol. The Hall–Kier alpha value is -1.10. The maximum absolute atomic E-state index is 12.4. The summed E-state index contributed by atoms with van der Waals surface area (Å²) in [5, 5.41) is 0. The topological polar surface area (TPSA) is 49.9 Å². The highest BCUT2D eigenvalue weighted by Crippen LogP contribution is 2.27. The van der Waals surface area contributed by atoms with Gasteiger partial charge in [0.05, 0.1) is 12.1 Å². The van der Waals surface area contributed by atoms with Crippen LogP contribution < -0.4 is 0 Å². The first kappa shape index (κ1) is 13.3. The molecule has 0 aliphatic carbocycles. The van der Waals surface area contributed by atoms with Crippen LogP contribution in [0.1, 0.15) is 33.6 Å². The number of likely N-dealkylation sites (tertiary alicyclic amines) is 1. The molecule has 2 heterocycles. The molecule has 18 heavy (non-hydrogen) atoms. The number of amides is 2. The van der Waals surface area contributed by atoms with Gasteiger partial charge in [-0.25, -0.2) is 0 Å². The van der Waals surface area contributed by atoms with Crippen molar-refractivity contribution in [2.24, 2.45) is 5.92 Å². The molecule has 102 valence electrons. The van der Waals surface area contributed by atoms with Crippen molar-refractivity contribution in [2.75, 3.05) is 26.4 Å². The van der Waals surface area contributed by atoms with E-state index in [1.165, 1.54) is 0 Å². The standard InChI is InChI=1S/C13H22N2O3/c1-10(16)14-6-4-11(5-7-14)12(17)15-9-18-8-13(15,2)3/h11H,4-9H2,1-3H3. The van der Waals surface area contributed by atoms with Crippen LogP contribution in [0.2, 0.25) is 0 Å². The van der Waals surface area contributed by atoms with Crippen molar-refractivity contribution in [1.82, 2.24) is 9.80 Å². The number of carbonyl (C=O) groups is 2. The van der Waals surface area contributed by atoms with E-state index in [0.29, 0.717) is 26.4 Å².